The molecule has 0 heterocycles. The number of hydrogen-bond acceptors (Lipinski definition) is 4. The number of hydrogen-bond donors (Lipinski definition) is 0. The Labute approximate surface area is 107 Å². The molecule has 0 amide bonds. The second-order valence-corrected chi connectivity index (χ2v) is 3.93. The minimum atomic E-state index is -0.261. The van der Waals surface area contributed by atoms with E-state index in [0.29, 0.717) is 23.5 Å². The Morgan fingerprint density at radius 2 is 1.67 bits per heavy atom. The highest BCUT2D eigenvalue weighted by Crippen LogP contribution is 2.29. The van der Waals surface area contributed by atoms with Crippen LogP contribution in [0.4, 0.5) is 0 Å². The maximum atomic E-state index is 12.1. The summed E-state index contributed by atoms with van der Waals surface area (Å²) in [6, 6.07) is 5.10. The Morgan fingerprint density at radius 1 is 1.11 bits per heavy atom. The first-order valence-electron chi connectivity index (χ1n) is 5.89. The summed E-state index contributed by atoms with van der Waals surface area (Å²) in [4.78, 5) is 23.6. The van der Waals surface area contributed by atoms with Crippen LogP contribution in [0, 0.1) is 0 Å². The molecule has 0 spiro atoms. The third-order valence-electron chi connectivity index (χ3n) is 2.59. The summed E-state index contributed by atoms with van der Waals surface area (Å²) in [5, 5.41) is 0. The molecule has 0 aliphatic carbocycles. The van der Waals surface area contributed by atoms with E-state index in [4.69, 9.17) is 9.47 Å². The van der Waals surface area contributed by atoms with Crippen LogP contribution in [-0.2, 0) is 4.79 Å². The molecule has 1 aromatic carbocycles. The van der Waals surface area contributed by atoms with Crippen LogP contribution < -0.4 is 9.47 Å². The fourth-order valence-electron chi connectivity index (χ4n) is 1.76. The lowest BCUT2D eigenvalue weighted by Gasteiger charge is -2.11. The van der Waals surface area contributed by atoms with E-state index in [2.05, 4.69) is 0 Å². The molecule has 0 unspecified atom stereocenters. The Morgan fingerprint density at radius 3 is 2.11 bits per heavy atom. The number of rotatable bonds is 7. The highest BCUT2D eigenvalue weighted by Gasteiger charge is 2.20. The molecule has 1 rings (SSSR count). The maximum absolute atomic E-state index is 12.1. The number of ether oxygens (including phenoxy) is 2. The fraction of sp³-hybridized carbons (Fsp3) is 0.429. The fourth-order valence-corrected chi connectivity index (χ4v) is 1.76. The monoisotopic (exact) mass is 250 g/mol. The van der Waals surface area contributed by atoms with Gasteiger partial charge >= 0.3 is 0 Å². The van der Waals surface area contributed by atoms with Crippen LogP contribution in [-0.4, -0.2) is 25.8 Å². The van der Waals surface area contributed by atoms with Crippen molar-refractivity contribution in [3.63, 3.8) is 0 Å². The number of methoxy groups -OCH3 is 2. The standard InChI is InChI=1S/C14H18O4/c1-4-6-10(15)9-11(16)14-12(17-2)7-5-8-13(14)18-3/h5,7-8H,4,6,9H2,1-3H3. The molecule has 4 nitrogen and oxygen atoms in total. The predicted octanol–water partition coefficient (Wildman–Crippen LogP) is 2.65. The highest BCUT2D eigenvalue weighted by molar-refractivity contribution is 6.10. The Hall–Kier alpha value is -1.84. The molecule has 0 atom stereocenters. The van der Waals surface area contributed by atoms with Crippen LogP contribution in [0.25, 0.3) is 0 Å². The number of Topliss-reactive ketones (excluding diaryl/α,β-unsaturated/α-hetero) is 2. The molecular weight excluding hydrogens is 232 g/mol. The molecule has 0 fully saturated rings. The summed E-state index contributed by atoms with van der Waals surface area (Å²) >= 11 is 0. The molecule has 0 radical (unpaired) electrons. The van der Waals surface area contributed by atoms with Crippen molar-refractivity contribution >= 4 is 11.6 Å². The smallest absolute Gasteiger partial charge is 0.177 e. The molecule has 0 aromatic heterocycles. The van der Waals surface area contributed by atoms with Crippen LogP contribution in [0.1, 0.15) is 36.5 Å². The van der Waals surface area contributed by atoms with E-state index in [0.717, 1.165) is 6.42 Å². The van der Waals surface area contributed by atoms with Gasteiger partial charge < -0.3 is 9.47 Å². The van der Waals surface area contributed by atoms with Crippen molar-refractivity contribution in [3.8, 4) is 11.5 Å². The van der Waals surface area contributed by atoms with E-state index < -0.39 is 0 Å². The first-order valence-corrected chi connectivity index (χ1v) is 5.89. The second kappa shape index (κ2) is 6.79. The number of benzene rings is 1. The normalized spacial score (nSPS) is 9.94. The molecule has 4 heteroatoms. The molecular formula is C14H18O4. The van der Waals surface area contributed by atoms with Gasteiger partial charge in [-0.1, -0.05) is 13.0 Å². The van der Waals surface area contributed by atoms with E-state index in [1.165, 1.54) is 14.2 Å². The molecule has 18 heavy (non-hydrogen) atoms. The van der Waals surface area contributed by atoms with Crippen LogP contribution in [0.5, 0.6) is 11.5 Å². The average Bonchev–Trinajstić information content (AvgIpc) is 2.37. The molecule has 0 saturated carbocycles. The van der Waals surface area contributed by atoms with Crippen molar-refractivity contribution in [2.24, 2.45) is 0 Å². The van der Waals surface area contributed by atoms with Crippen molar-refractivity contribution in [2.45, 2.75) is 26.2 Å². The number of carbonyl (C=O) groups is 2. The SMILES string of the molecule is CCCC(=O)CC(=O)c1c(OC)cccc1OC. The zero-order chi connectivity index (χ0) is 13.5. The summed E-state index contributed by atoms with van der Waals surface area (Å²) in [5.41, 5.74) is 0.340. The van der Waals surface area contributed by atoms with Crippen molar-refractivity contribution < 1.29 is 19.1 Å². The third-order valence-corrected chi connectivity index (χ3v) is 2.59. The zero-order valence-corrected chi connectivity index (χ0v) is 11.0. The first-order chi connectivity index (χ1) is 8.63. The second-order valence-electron chi connectivity index (χ2n) is 3.93. The minimum absolute atomic E-state index is 0.0598. The average molecular weight is 250 g/mol. The van der Waals surface area contributed by atoms with Gasteiger partial charge in [-0.3, -0.25) is 9.59 Å². The highest BCUT2D eigenvalue weighted by atomic mass is 16.5. The van der Waals surface area contributed by atoms with Gasteiger partial charge in [0.15, 0.2) is 5.78 Å². The van der Waals surface area contributed by atoms with Gasteiger partial charge in [-0.15, -0.1) is 0 Å². The van der Waals surface area contributed by atoms with Gasteiger partial charge in [0.25, 0.3) is 0 Å². The molecule has 0 bridgehead atoms. The van der Waals surface area contributed by atoms with Gasteiger partial charge in [0.2, 0.25) is 0 Å². The zero-order valence-electron chi connectivity index (χ0n) is 11.0. The lowest BCUT2D eigenvalue weighted by atomic mass is 10.0. The Bertz CT molecular complexity index is 415. The molecule has 0 N–H and O–H groups in total. The van der Waals surface area contributed by atoms with Gasteiger partial charge in [-0.2, -0.15) is 0 Å². The van der Waals surface area contributed by atoms with Gasteiger partial charge in [-0.25, -0.2) is 0 Å². The Balaban J connectivity index is 3.00. The van der Waals surface area contributed by atoms with E-state index in [1.807, 2.05) is 6.92 Å². The van der Waals surface area contributed by atoms with E-state index in [9.17, 15) is 9.59 Å². The lowest BCUT2D eigenvalue weighted by molar-refractivity contribution is -0.118. The van der Waals surface area contributed by atoms with Crippen LogP contribution >= 0.6 is 0 Å². The van der Waals surface area contributed by atoms with Gasteiger partial charge in [-0.05, 0) is 18.6 Å². The summed E-state index contributed by atoms with van der Waals surface area (Å²) in [6.07, 6.45) is 1.06. The van der Waals surface area contributed by atoms with Gasteiger partial charge in [0.05, 0.1) is 20.6 Å². The largest absolute Gasteiger partial charge is 0.496 e. The summed E-state index contributed by atoms with van der Waals surface area (Å²) in [7, 11) is 2.97. The van der Waals surface area contributed by atoms with Crippen LogP contribution in [0.2, 0.25) is 0 Å². The Kier molecular flexibility index (Phi) is 5.36. The lowest BCUT2D eigenvalue weighted by Crippen LogP contribution is -2.10. The van der Waals surface area contributed by atoms with Crippen molar-refractivity contribution in [1.29, 1.82) is 0 Å². The van der Waals surface area contributed by atoms with Gasteiger partial charge in [0, 0.05) is 6.42 Å². The van der Waals surface area contributed by atoms with Crippen LogP contribution in [0.3, 0.4) is 0 Å². The summed E-state index contributed by atoms with van der Waals surface area (Å²) < 4.78 is 10.3. The quantitative estimate of drug-likeness (QED) is 0.551. The first kappa shape index (κ1) is 14.2. The molecule has 1 aromatic rings. The molecule has 98 valence electrons. The van der Waals surface area contributed by atoms with E-state index in [1.54, 1.807) is 18.2 Å². The minimum Gasteiger partial charge on any atom is -0.496 e. The molecule has 0 saturated heterocycles. The van der Waals surface area contributed by atoms with Crippen LogP contribution in [0.15, 0.2) is 18.2 Å². The van der Waals surface area contributed by atoms with E-state index in [-0.39, 0.29) is 18.0 Å². The third kappa shape index (κ3) is 3.32. The molecule has 0 aliphatic rings. The number of carbonyl (C=O) groups excluding carboxylic acids is 2. The van der Waals surface area contributed by atoms with E-state index >= 15 is 0 Å². The molecule has 0 aliphatic heterocycles. The van der Waals surface area contributed by atoms with Crippen molar-refractivity contribution in [2.75, 3.05) is 14.2 Å². The summed E-state index contributed by atoms with van der Waals surface area (Å²) in [5.74, 6) is 0.547. The van der Waals surface area contributed by atoms with Gasteiger partial charge in [0.1, 0.15) is 22.8 Å². The number of ketones is 2. The predicted molar refractivity (Wildman–Crippen MR) is 68.4 cm³/mol. The summed E-state index contributed by atoms with van der Waals surface area (Å²) in [6.45, 7) is 1.91. The maximum Gasteiger partial charge on any atom is 0.177 e. The van der Waals surface area contributed by atoms with Crippen molar-refractivity contribution in [3.05, 3.63) is 23.8 Å². The van der Waals surface area contributed by atoms with Crippen molar-refractivity contribution in [1.82, 2.24) is 0 Å². The topological polar surface area (TPSA) is 52.6 Å².